The molecule has 0 aliphatic heterocycles. The number of alkyl carbamates (subject to hydrolysis) is 1. The van der Waals surface area contributed by atoms with E-state index >= 15 is 0 Å². The van der Waals surface area contributed by atoms with Crippen LogP contribution in [-0.2, 0) is 4.74 Å². The van der Waals surface area contributed by atoms with Gasteiger partial charge in [-0.3, -0.25) is 0 Å². The molecule has 0 aromatic rings. The average molecular weight is 327 g/mol. The first-order chi connectivity index (χ1) is 10.7. The van der Waals surface area contributed by atoms with E-state index in [-0.39, 0.29) is 6.09 Å². The molecule has 1 unspecified atom stereocenters. The Bertz CT molecular complexity index is 344. The van der Waals surface area contributed by atoms with Crippen molar-refractivity contribution in [2.45, 2.75) is 85.3 Å². The highest BCUT2D eigenvalue weighted by atomic mass is 16.6. The minimum Gasteiger partial charge on any atom is -0.444 e. The number of rotatable bonds is 7. The van der Waals surface area contributed by atoms with Crippen molar-refractivity contribution in [2.75, 3.05) is 13.1 Å². The molecule has 136 valence electrons. The Balaban J connectivity index is 2.35. The lowest BCUT2D eigenvalue weighted by atomic mass is 9.84. The van der Waals surface area contributed by atoms with Crippen LogP contribution in [0.4, 0.5) is 4.79 Å². The summed E-state index contributed by atoms with van der Waals surface area (Å²) in [5.41, 5.74) is -0.439. The van der Waals surface area contributed by atoms with Crippen LogP contribution in [0.15, 0.2) is 0 Å². The van der Waals surface area contributed by atoms with Gasteiger partial charge in [0.25, 0.3) is 0 Å². The fraction of sp³-hybridized carbons (Fsp3) is 0.947. The summed E-state index contributed by atoms with van der Waals surface area (Å²) >= 11 is 0. The molecule has 1 saturated carbocycles. The van der Waals surface area contributed by atoms with Gasteiger partial charge in [-0.05, 0) is 58.3 Å². The van der Waals surface area contributed by atoms with Crippen LogP contribution >= 0.6 is 0 Å². The Labute approximate surface area is 143 Å². The van der Waals surface area contributed by atoms with Gasteiger partial charge < -0.3 is 15.4 Å². The van der Waals surface area contributed by atoms with Gasteiger partial charge in [0, 0.05) is 19.1 Å². The Morgan fingerprint density at radius 1 is 1.09 bits per heavy atom. The summed E-state index contributed by atoms with van der Waals surface area (Å²) in [5, 5.41) is 6.64. The predicted octanol–water partition coefficient (Wildman–Crippen LogP) is 4.34. The third-order valence-electron chi connectivity index (χ3n) is 4.91. The van der Waals surface area contributed by atoms with Crippen LogP contribution in [0.3, 0.4) is 0 Å². The molecule has 1 aliphatic carbocycles. The number of ether oxygens (including phenoxy) is 1. The predicted molar refractivity (Wildman–Crippen MR) is 96.6 cm³/mol. The number of hydrogen-bond acceptors (Lipinski definition) is 3. The fourth-order valence-electron chi connectivity index (χ4n) is 3.21. The lowest BCUT2D eigenvalue weighted by molar-refractivity contribution is 0.0514. The van der Waals surface area contributed by atoms with E-state index in [0.717, 1.165) is 12.5 Å². The van der Waals surface area contributed by atoms with Crippen LogP contribution < -0.4 is 10.6 Å². The van der Waals surface area contributed by atoms with Crippen molar-refractivity contribution in [3.63, 3.8) is 0 Å². The van der Waals surface area contributed by atoms with Crippen LogP contribution in [0.5, 0.6) is 0 Å². The summed E-state index contributed by atoms with van der Waals surface area (Å²) in [4.78, 5) is 11.8. The van der Waals surface area contributed by atoms with E-state index in [4.69, 9.17) is 4.74 Å². The largest absolute Gasteiger partial charge is 0.444 e. The molecule has 0 radical (unpaired) electrons. The molecule has 4 heteroatoms. The minimum atomic E-state index is -0.439. The lowest BCUT2D eigenvalue weighted by Crippen LogP contribution is -2.43. The number of hydrogen-bond donors (Lipinski definition) is 2. The van der Waals surface area contributed by atoms with E-state index < -0.39 is 5.60 Å². The van der Waals surface area contributed by atoms with Crippen molar-refractivity contribution in [3.05, 3.63) is 0 Å². The lowest BCUT2D eigenvalue weighted by Gasteiger charge is -2.31. The van der Waals surface area contributed by atoms with Crippen molar-refractivity contribution in [1.82, 2.24) is 10.6 Å². The zero-order valence-electron chi connectivity index (χ0n) is 16.1. The number of nitrogens with one attached hydrogen (secondary N) is 2. The second-order valence-electron chi connectivity index (χ2n) is 8.48. The Morgan fingerprint density at radius 3 is 2.22 bits per heavy atom. The number of amides is 1. The number of carbonyl (C=O) groups excluding carboxylic acids is 1. The smallest absolute Gasteiger partial charge is 0.407 e. The molecule has 0 aromatic carbocycles. The quantitative estimate of drug-likeness (QED) is 0.731. The molecular weight excluding hydrogens is 288 g/mol. The zero-order chi connectivity index (χ0) is 17.5. The SMILES string of the molecule is CC(C)C(CNC(=O)OC(C)(C)C)CN[C@@H](C)C1CCCCC1. The fourth-order valence-corrected chi connectivity index (χ4v) is 3.21. The zero-order valence-corrected chi connectivity index (χ0v) is 16.1. The molecule has 0 heterocycles. The number of carbonyl (C=O) groups is 1. The summed E-state index contributed by atoms with van der Waals surface area (Å²) in [6, 6.07) is 0.568. The van der Waals surface area contributed by atoms with E-state index in [1.165, 1.54) is 32.1 Å². The van der Waals surface area contributed by atoms with Crippen molar-refractivity contribution in [1.29, 1.82) is 0 Å². The third kappa shape index (κ3) is 8.59. The molecule has 0 spiro atoms. The molecule has 23 heavy (non-hydrogen) atoms. The summed E-state index contributed by atoms with van der Waals surface area (Å²) in [5.74, 6) is 1.76. The standard InChI is InChI=1S/C19H38N2O2/c1-14(2)17(13-21-18(22)23-19(4,5)6)12-20-15(3)16-10-8-7-9-11-16/h14-17,20H,7-13H2,1-6H3,(H,21,22)/t15-,17?/m0/s1. The molecule has 1 rings (SSSR count). The Morgan fingerprint density at radius 2 is 1.70 bits per heavy atom. The van der Waals surface area contributed by atoms with Crippen molar-refractivity contribution < 1.29 is 9.53 Å². The van der Waals surface area contributed by atoms with Crippen molar-refractivity contribution in [3.8, 4) is 0 Å². The highest BCUT2D eigenvalue weighted by molar-refractivity contribution is 5.67. The third-order valence-corrected chi connectivity index (χ3v) is 4.91. The van der Waals surface area contributed by atoms with Gasteiger partial charge in [0.15, 0.2) is 0 Å². The normalized spacial score (nSPS) is 19.4. The molecule has 1 aliphatic rings. The maximum Gasteiger partial charge on any atom is 0.407 e. The van der Waals surface area contributed by atoms with E-state index in [0.29, 0.717) is 24.4 Å². The molecule has 0 aromatic heterocycles. The van der Waals surface area contributed by atoms with E-state index in [2.05, 4.69) is 31.4 Å². The van der Waals surface area contributed by atoms with Crippen LogP contribution in [0, 0.1) is 17.8 Å². The van der Waals surface area contributed by atoms with Gasteiger partial charge in [-0.2, -0.15) is 0 Å². The van der Waals surface area contributed by atoms with E-state index in [1.807, 2.05) is 20.8 Å². The second kappa shape index (κ2) is 9.51. The maximum absolute atomic E-state index is 11.8. The highest BCUT2D eigenvalue weighted by Gasteiger charge is 2.22. The van der Waals surface area contributed by atoms with Crippen LogP contribution in [-0.4, -0.2) is 30.8 Å². The van der Waals surface area contributed by atoms with Crippen molar-refractivity contribution in [2.24, 2.45) is 17.8 Å². The highest BCUT2D eigenvalue weighted by Crippen LogP contribution is 2.26. The van der Waals surface area contributed by atoms with Gasteiger partial charge in [-0.15, -0.1) is 0 Å². The topological polar surface area (TPSA) is 50.4 Å². The van der Waals surface area contributed by atoms with Crippen molar-refractivity contribution >= 4 is 6.09 Å². The Kier molecular flexibility index (Phi) is 8.38. The molecule has 1 amide bonds. The van der Waals surface area contributed by atoms with Gasteiger partial charge >= 0.3 is 6.09 Å². The van der Waals surface area contributed by atoms with Crippen LogP contribution in [0.2, 0.25) is 0 Å². The summed E-state index contributed by atoms with van der Waals surface area (Å²) in [6.07, 6.45) is 6.56. The van der Waals surface area contributed by atoms with E-state index in [9.17, 15) is 4.79 Å². The van der Waals surface area contributed by atoms with Gasteiger partial charge in [0.2, 0.25) is 0 Å². The first kappa shape index (κ1) is 20.3. The summed E-state index contributed by atoms with van der Waals surface area (Å²) < 4.78 is 5.32. The maximum atomic E-state index is 11.8. The van der Waals surface area contributed by atoms with Gasteiger partial charge in [0.1, 0.15) is 5.60 Å². The van der Waals surface area contributed by atoms with Gasteiger partial charge in [0.05, 0.1) is 0 Å². The minimum absolute atomic E-state index is 0.316. The van der Waals surface area contributed by atoms with E-state index in [1.54, 1.807) is 0 Å². The molecule has 1 fully saturated rings. The summed E-state index contributed by atoms with van der Waals surface area (Å²) in [7, 11) is 0. The molecule has 0 saturated heterocycles. The van der Waals surface area contributed by atoms with Gasteiger partial charge in [-0.25, -0.2) is 4.79 Å². The molecule has 2 atom stereocenters. The van der Waals surface area contributed by atoms with Gasteiger partial charge in [-0.1, -0.05) is 33.1 Å². The molecule has 2 N–H and O–H groups in total. The average Bonchev–Trinajstić information content (AvgIpc) is 2.45. The molecular formula is C19H38N2O2. The first-order valence-electron chi connectivity index (χ1n) is 9.39. The van der Waals surface area contributed by atoms with Crippen LogP contribution in [0.25, 0.3) is 0 Å². The van der Waals surface area contributed by atoms with Crippen LogP contribution in [0.1, 0.15) is 73.6 Å². The molecule has 4 nitrogen and oxygen atoms in total. The Hall–Kier alpha value is -0.770. The molecule has 0 bridgehead atoms. The monoisotopic (exact) mass is 326 g/mol. The summed E-state index contributed by atoms with van der Waals surface area (Å²) in [6.45, 7) is 14.0. The first-order valence-corrected chi connectivity index (χ1v) is 9.39. The second-order valence-corrected chi connectivity index (χ2v) is 8.48.